The van der Waals surface area contributed by atoms with Crippen LogP contribution in [0.4, 0.5) is 0 Å². The van der Waals surface area contributed by atoms with Gasteiger partial charge < -0.3 is 9.84 Å². The van der Waals surface area contributed by atoms with Crippen molar-refractivity contribution >= 4 is 17.7 Å². The summed E-state index contributed by atoms with van der Waals surface area (Å²) in [5.74, 6) is 0.0975. The normalized spacial score (nSPS) is 10.4. The summed E-state index contributed by atoms with van der Waals surface area (Å²) >= 11 is 1.64. The van der Waals surface area contributed by atoms with E-state index in [9.17, 15) is 4.79 Å². The van der Waals surface area contributed by atoms with Crippen molar-refractivity contribution in [2.75, 3.05) is 7.11 Å². The van der Waals surface area contributed by atoms with Crippen LogP contribution in [0.25, 0.3) is 0 Å². The molecule has 0 aromatic heterocycles. The van der Waals surface area contributed by atoms with Gasteiger partial charge in [-0.25, -0.2) is 0 Å². The average Bonchev–Trinajstić information content (AvgIpc) is 2.48. The molecule has 2 rings (SSSR count). The van der Waals surface area contributed by atoms with Gasteiger partial charge in [-0.05, 0) is 41.8 Å². The third kappa shape index (κ3) is 4.26. The molecule has 0 unspecified atom stereocenters. The molecule has 0 saturated heterocycles. The zero-order valence-electron chi connectivity index (χ0n) is 12.1. The number of hydrogen-bond acceptors (Lipinski definition) is 3. The lowest BCUT2D eigenvalue weighted by molar-refractivity contribution is -0.136. The van der Waals surface area contributed by atoms with Crippen molar-refractivity contribution in [3.05, 3.63) is 53.6 Å². The molecule has 0 radical (unpaired) electrons. The monoisotopic (exact) mass is 302 g/mol. The molecule has 0 aliphatic heterocycles. The van der Waals surface area contributed by atoms with E-state index in [-0.39, 0.29) is 6.42 Å². The van der Waals surface area contributed by atoms with E-state index in [0.717, 1.165) is 27.5 Å². The van der Waals surface area contributed by atoms with E-state index in [1.54, 1.807) is 18.9 Å². The lowest BCUT2D eigenvalue weighted by Crippen LogP contribution is -1.99. The fraction of sp³-hybridized carbons (Fsp3) is 0.235. The van der Waals surface area contributed by atoms with Crippen LogP contribution >= 0.6 is 11.8 Å². The Labute approximate surface area is 129 Å². The maximum atomic E-state index is 10.7. The molecular weight excluding hydrogens is 284 g/mol. The molecule has 0 saturated carbocycles. The Hall–Kier alpha value is -1.94. The van der Waals surface area contributed by atoms with E-state index in [1.807, 2.05) is 30.3 Å². The van der Waals surface area contributed by atoms with Crippen molar-refractivity contribution in [3.63, 3.8) is 0 Å². The Kier molecular flexibility index (Phi) is 5.28. The van der Waals surface area contributed by atoms with Gasteiger partial charge in [-0.15, -0.1) is 0 Å². The highest BCUT2D eigenvalue weighted by molar-refractivity contribution is 7.99. The average molecular weight is 302 g/mol. The van der Waals surface area contributed by atoms with Gasteiger partial charge in [0.1, 0.15) is 5.75 Å². The minimum Gasteiger partial charge on any atom is -0.496 e. The minimum absolute atomic E-state index is 0.0595. The van der Waals surface area contributed by atoms with Gasteiger partial charge in [-0.3, -0.25) is 4.79 Å². The van der Waals surface area contributed by atoms with Crippen LogP contribution in [0.5, 0.6) is 5.75 Å². The van der Waals surface area contributed by atoms with E-state index < -0.39 is 5.97 Å². The molecule has 0 amide bonds. The number of aryl methyl sites for hydroxylation is 1. The molecule has 0 spiro atoms. The van der Waals surface area contributed by atoms with Crippen LogP contribution in [0.15, 0.2) is 52.3 Å². The summed E-state index contributed by atoms with van der Waals surface area (Å²) in [4.78, 5) is 12.8. The lowest BCUT2D eigenvalue weighted by Gasteiger charge is -2.09. The summed E-state index contributed by atoms with van der Waals surface area (Å²) < 4.78 is 5.40. The Morgan fingerprint density at radius 2 is 1.81 bits per heavy atom. The minimum atomic E-state index is -0.810. The van der Waals surface area contributed by atoms with Gasteiger partial charge in [0.25, 0.3) is 0 Å². The first-order valence-electron chi connectivity index (χ1n) is 6.78. The quantitative estimate of drug-likeness (QED) is 0.875. The highest BCUT2D eigenvalue weighted by Crippen LogP contribution is 2.32. The van der Waals surface area contributed by atoms with Gasteiger partial charge in [0.15, 0.2) is 0 Å². The van der Waals surface area contributed by atoms with E-state index >= 15 is 0 Å². The van der Waals surface area contributed by atoms with E-state index in [2.05, 4.69) is 19.1 Å². The molecule has 0 aliphatic rings. The number of methoxy groups -OCH3 is 1. The zero-order chi connectivity index (χ0) is 15.2. The fourth-order valence-electron chi connectivity index (χ4n) is 2.07. The summed E-state index contributed by atoms with van der Waals surface area (Å²) in [6, 6.07) is 13.8. The van der Waals surface area contributed by atoms with Gasteiger partial charge >= 0.3 is 5.97 Å². The molecule has 0 bridgehead atoms. The molecule has 21 heavy (non-hydrogen) atoms. The van der Waals surface area contributed by atoms with Gasteiger partial charge in [-0.1, -0.05) is 36.9 Å². The summed E-state index contributed by atoms with van der Waals surface area (Å²) in [5, 5.41) is 8.76. The highest BCUT2D eigenvalue weighted by atomic mass is 32.2. The van der Waals surface area contributed by atoms with E-state index in [0.29, 0.717) is 0 Å². The standard InChI is InChI=1S/C17H18O3S/c1-3-13-6-9-15(11-16(13)20-2)21-14-7-4-12(5-8-14)10-17(18)19/h4-9,11H,3,10H2,1-2H3,(H,18,19). The van der Waals surface area contributed by atoms with Crippen molar-refractivity contribution in [2.45, 2.75) is 29.6 Å². The van der Waals surface area contributed by atoms with Crippen molar-refractivity contribution in [1.29, 1.82) is 0 Å². The first-order chi connectivity index (χ1) is 10.1. The van der Waals surface area contributed by atoms with E-state index in [1.165, 1.54) is 5.56 Å². The first kappa shape index (κ1) is 15.4. The summed E-state index contributed by atoms with van der Waals surface area (Å²) in [5.41, 5.74) is 2.00. The van der Waals surface area contributed by atoms with Crippen LogP contribution in [0.2, 0.25) is 0 Å². The maximum absolute atomic E-state index is 10.7. The SMILES string of the molecule is CCc1ccc(Sc2ccc(CC(=O)O)cc2)cc1OC. The van der Waals surface area contributed by atoms with Crippen molar-refractivity contribution < 1.29 is 14.6 Å². The number of carboxylic acids is 1. The second-order valence-electron chi connectivity index (χ2n) is 4.64. The van der Waals surface area contributed by atoms with Gasteiger partial charge in [0.05, 0.1) is 13.5 Å². The molecule has 0 aliphatic carbocycles. The zero-order valence-corrected chi connectivity index (χ0v) is 12.9. The molecule has 0 heterocycles. The molecule has 2 aromatic rings. The second kappa shape index (κ2) is 7.18. The number of aliphatic carboxylic acids is 1. The summed E-state index contributed by atoms with van der Waals surface area (Å²) in [6.07, 6.45) is 1.00. The number of hydrogen-bond donors (Lipinski definition) is 1. The number of benzene rings is 2. The molecule has 3 nitrogen and oxygen atoms in total. The summed E-state index contributed by atoms with van der Waals surface area (Å²) in [6.45, 7) is 2.10. The molecule has 0 fully saturated rings. The Morgan fingerprint density at radius 3 is 2.38 bits per heavy atom. The van der Waals surface area contributed by atoms with Crippen LogP contribution < -0.4 is 4.74 Å². The predicted molar refractivity (Wildman–Crippen MR) is 84.3 cm³/mol. The number of carboxylic acid groups (broad SMARTS) is 1. The van der Waals surface area contributed by atoms with Gasteiger partial charge in [0.2, 0.25) is 0 Å². The fourth-order valence-corrected chi connectivity index (χ4v) is 2.91. The maximum Gasteiger partial charge on any atom is 0.307 e. The number of carbonyl (C=O) groups is 1. The topological polar surface area (TPSA) is 46.5 Å². The third-order valence-electron chi connectivity index (χ3n) is 3.15. The smallest absolute Gasteiger partial charge is 0.307 e. The number of ether oxygens (including phenoxy) is 1. The Morgan fingerprint density at radius 1 is 1.14 bits per heavy atom. The van der Waals surface area contributed by atoms with Crippen molar-refractivity contribution in [2.24, 2.45) is 0 Å². The summed E-state index contributed by atoms with van der Waals surface area (Å²) in [7, 11) is 1.68. The molecule has 1 N–H and O–H groups in total. The molecule has 2 aromatic carbocycles. The second-order valence-corrected chi connectivity index (χ2v) is 5.79. The number of rotatable bonds is 6. The molecule has 4 heteroatoms. The highest BCUT2D eigenvalue weighted by Gasteiger charge is 2.05. The van der Waals surface area contributed by atoms with Crippen LogP contribution in [-0.2, 0) is 17.6 Å². The Balaban J connectivity index is 2.12. The van der Waals surface area contributed by atoms with Crippen molar-refractivity contribution in [3.8, 4) is 5.75 Å². The van der Waals surface area contributed by atoms with E-state index in [4.69, 9.17) is 9.84 Å². The Bertz CT molecular complexity index is 620. The molecular formula is C17H18O3S. The van der Waals surface area contributed by atoms with Crippen molar-refractivity contribution in [1.82, 2.24) is 0 Å². The predicted octanol–water partition coefficient (Wildman–Crippen LogP) is 4.04. The first-order valence-corrected chi connectivity index (χ1v) is 7.59. The van der Waals surface area contributed by atoms with Crippen LogP contribution in [0, 0.1) is 0 Å². The van der Waals surface area contributed by atoms with Crippen LogP contribution in [0.3, 0.4) is 0 Å². The van der Waals surface area contributed by atoms with Crippen LogP contribution in [-0.4, -0.2) is 18.2 Å². The van der Waals surface area contributed by atoms with Crippen LogP contribution in [0.1, 0.15) is 18.1 Å². The molecule has 0 atom stereocenters. The van der Waals surface area contributed by atoms with Gasteiger partial charge in [0, 0.05) is 9.79 Å². The lowest BCUT2D eigenvalue weighted by atomic mass is 10.1. The molecule has 110 valence electrons. The van der Waals surface area contributed by atoms with Gasteiger partial charge in [-0.2, -0.15) is 0 Å². The largest absolute Gasteiger partial charge is 0.496 e. The third-order valence-corrected chi connectivity index (χ3v) is 4.15.